The monoisotopic (exact) mass is 254 g/mol. The maximum Gasteiger partial charge on any atom is 0.419 e. The Kier molecular flexibility index (Phi) is 3.80. The van der Waals surface area contributed by atoms with Crippen molar-refractivity contribution in [2.75, 3.05) is 6.61 Å². The molecule has 0 aliphatic heterocycles. The molecule has 6 heteroatoms. The molecule has 0 radical (unpaired) electrons. The Balaban J connectivity index is 3.16. The van der Waals surface area contributed by atoms with Crippen LogP contribution in [0.15, 0.2) is 24.8 Å². The van der Waals surface area contributed by atoms with Crippen molar-refractivity contribution < 1.29 is 22.3 Å². The highest BCUT2D eigenvalue weighted by Gasteiger charge is 2.35. The third kappa shape index (κ3) is 2.88. The van der Waals surface area contributed by atoms with Gasteiger partial charge in [0.15, 0.2) is 0 Å². The summed E-state index contributed by atoms with van der Waals surface area (Å²) in [7, 11) is 0. The third-order valence-corrected chi connectivity index (χ3v) is 1.98. The molecule has 0 bridgehead atoms. The first-order valence-electron chi connectivity index (χ1n) is 4.16. The minimum Gasteiger partial charge on any atom is -0.488 e. The van der Waals surface area contributed by atoms with Gasteiger partial charge in [-0.2, -0.15) is 13.2 Å². The summed E-state index contributed by atoms with van der Waals surface area (Å²) < 4.78 is 54.8. The van der Waals surface area contributed by atoms with Crippen LogP contribution in [0.2, 0.25) is 5.02 Å². The zero-order valence-electron chi connectivity index (χ0n) is 7.94. The number of hydrogen-bond donors (Lipinski definition) is 0. The molecule has 88 valence electrons. The molecule has 1 rings (SSSR count). The Bertz CT molecular complexity index is 401. The van der Waals surface area contributed by atoms with Crippen LogP contribution in [0.25, 0.3) is 0 Å². The van der Waals surface area contributed by atoms with E-state index >= 15 is 0 Å². The topological polar surface area (TPSA) is 9.23 Å². The molecule has 0 aliphatic carbocycles. The Morgan fingerprint density at radius 3 is 2.50 bits per heavy atom. The van der Waals surface area contributed by atoms with Crippen LogP contribution < -0.4 is 4.74 Å². The standard InChI is InChI=1S/C10H7ClF4O/c1-2-3-16-9-4-6(10(13,14)15)8(12)5-7(9)11/h2,4-5H,1,3H2. The Hall–Kier alpha value is -1.23. The van der Waals surface area contributed by atoms with E-state index in [1.54, 1.807) is 0 Å². The first-order chi connectivity index (χ1) is 7.36. The van der Waals surface area contributed by atoms with E-state index in [2.05, 4.69) is 6.58 Å². The first-order valence-corrected chi connectivity index (χ1v) is 4.54. The van der Waals surface area contributed by atoms with Crippen LogP contribution in [-0.4, -0.2) is 6.61 Å². The lowest BCUT2D eigenvalue weighted by Gasteiger charge is -2.11. The molecule has 0 amide bonds. The minimum absolute atomic E-state index is 0.0113. The smallest absolute Gasteiger partial charge is 0.419 e. The van der Waals surface area contributed by atoms with Crippen molar-refractivity contribution >= 4 is 11.6 Å². The Morgan fingerprint density at radius 2 is 2.00 bits per heavy atom. The molecule has 1 aromatic rings. The van der Waals surface area contributed by atoms with Gasteiger partial charge < -0.3 is 4.74 Å². The average molecular weight is 255 g/mol. The van der Waals surface area contributed by atoms with Crippen molar-refractivity contribution in [1.29, 1.82) is 0 Å². The summed E-state index contributed by atoms with van der Waals surface area (Å²) >= 11 is 5.52. The Labute approximate surface area is 94.3 Å². The van der Waals surface area contributed by atoms with Gasteiger partial charge in [0, 0.05) is 0 Å². The largest absolute Gasteiger partial charge is 0.488 e. The highest BCUT2D eigenvalue weighted by molar-refractivity contribution is 6.32. The molecule has 16 heavy (non-hydrogen) atoms. The van der Waals surface area contributed by atoms with E-state index in [4.69, 9.17) is 16.3 Å². The van der Waals surface area contributed by atoms with E-state index in [9.17, 15) is 17.6 Å². The molecule has 1 aromatic carbocycles. The molecule has 0 aromatic heterocycles. The molecule has 1 nitrogen and oxygen atoms in total. The van der Waals surface area contributed by atoms with Crippen LogP contribution in [-0.2, 0) is 6.18 Å². The van der Waals surface area contributed by atoms with Crippen molar-refractivity contribution in [2.45, 2.75) is 6.18 Å². The van der Waals surface area contributed by atoms with Crippen LogP contribution in [0.5, 0.6) is 5.75 Å². The predicted octanol–water partition coefficient (Wildman–Crippen LogP) is 4.06. The predicted molar refractivity (Wildman–Crippen MR) is 52.1 cm³/mol. The SMILES string of the molecule is C=CCOc1cc(C(F)(F)F)c(F)cc1Cl. The molecule has 0 fully saturated rings. The summed E-state index contributed by atoms with van der Waals surface area (Å²) in [6.45, 7) is 3.32. The average Bonchev–Trinajstić information content (AvgIpc) is 2.14. The van der Waals surface area contributed by atoms with Crippen molar-refractivity contribution in [2.24, 2.45) is 0 Å². The fourth-order valence-corrected chi connectivity index (χ4v) is 1.21. The molecule has 0 aliphatic rings. The second-order valence-electron chi connectivity index (χ2n) is 2.86. The van der Waals surface area contributed by atoms with E-state index in [1.807, 2.05) is 0 Å². The van der Waals surface area contributed by atoms with Gasteiger partial charge in [-0.25, -0.2) is 4.39 Å². The summed E-state index contributed by atoms with van der Waals surface area (Å²) in [6, 6.07) is 1.10. The highest BCUT2D eigenvalue weighted by Crippen LogP contribution is 2.37. The lowest BCUT2D eigenvalue weighted by molar-refractivity contribution is -0.140. The van der Waals surface area contributed by atoms with Gasteiger partial charge in [-0.15, -0.1) is 0 Å². The van der Waals surface area contributed by atoms with E-state index < -0.39 is 17.6 Å². The zero-order chi connectivity index (χ0) is 12.3. The number of ether oxygens (including phenoxy) is 1. The molecule has 0 atom stereocenters. The Morgan fingerprint density at radius 1 is 1.38 bits per heavy atom. The van der Waals surface area contributed by atoms with Gasteiger partial charge in [0.05, 0.1) is 10.6 Å². The van der Waals surface area contributed by atoms with Gasteiger partial charge in [-0.3, -0.25) is 0 Å². The molecular formula is C10H7ClF4O. The third-order valence-electron chi connectivity index (χ3n) is 1.68. The van der Waals surface area contributed by atoms with Crippen molar-refractivity contribution in [3.05, 3.63) is 41.2 Å². The molecule has 0 heterocycles. The van der Waals surface area contributed by atoms with Crippen molar-refractivity contribution in [1.82, 2.24) is 0 Å². The zero-order valence-corrected chi connectivity index (χ0v) is 8.70. The number of alkyl halides is 3. The summed E-state index contributed by atoms with van der Waals surface area (Å²) in [5.41, 5.74) is -1.41. The fraction of sp³-hybridized carbons (Fsp3) is 0.200. The summed E-state index contributed by atoms with van der Waals surface area (Å²) in [4.78, 5) is 0. The van der Waals surface area contributed by atoms with Crippen LogP contribution in [0.4, 0.5) is 17.6 Å². The number of halogens is 5. The molecule has 0 saturated carbocycles. The number of rotatable bonds is 3. The lowest BCUT2D eigenvalue weighted by atomic mass is 10.2. The van der Waals surface area contributed by atoms with E-state index in [0.29, 0.717) is 12.1 Å². The van der Waals surface area contributed by atoms with Gasteiger partial charge in [0.2, 0.25) is 0 Å². The number of hydrogen-bond acceptors (Lipinski definition) is 1. The van der Waals surface area contributed by atoms with Crippen LogP contribution >= 0.6 is 11.6 Å². The van der Waals surface area contributed by atoms with Gasteiger partial charge in [0.1, 0.15) is 18.2 Å². The summed E-state index contributed by atoms with van der Waals surface area (Å²) in [6.07, 6.45) is -3.44. The van der Waals surface area contributed by atoms with Gasteiger partial charge in [-0.1, -0.05) is 24.3 Å². The lowest BCUT2D eigenvalue weighted by Crippen LogP contribution is -2.09. The number of benzene rings is 1. The fourth-order valence-electron chi connectivity index (χ4n) is 1.01. The van der Waals surface area contributed by atoms with Gasteiger partial charge >= 0.3 is 6.18 Å². The summed E-state index contributed by atoms with van der Waals surface area (Å²) in [5.74, 6) is -1.65. The van der Waals surface area contributed by atoms with E-state index in [0.717, 1.165) is 0 Å². The maximum absolute atomic E-state index is 13.0. The molecule has 0 saturated heterocycles. The van der Waals surface area contributed by atoms with E-state index in [1.165, 1.54) is 6.08 Å². The van der Waals surface area contributed by atoms with Gasteiger partial charge in [-0.05, 0) is 12.1 Å². The van der Waals surface area contributed by atoms with Crippen LogP contribution in [0.3, 0.4) is 0 Å². The maximum atomic E-state index is 13.0. The van der Waals surface area contributed by atoms with Gasteiger partial charge in [0.25, 0.3) is 0 Å². The first kappa shape index (κ1) is 12.8. The van der Waals surface area contributed by atoms with Crippen molar-refractivity contribution in [3.8, 4) is 5.75 Å². The minimum atomic E-state index is -4.78. The molecule has 0 N–H and O–H groups in total. The quantitative estimate of drug-likeness (QED) is 0.584. The second-order valence-corrected chi connectivity index (χ2v) is 3.27. The van der Waals surface area contributed by atoms with Crippen LogP contribution in [0.1, 0.15) is 5.56 Å². The molecule has 0 unspecified atom stereocenters. The molecule has 0 spiro atoms. The van der Waals surface area contributed by atoms with E-state index in [-0.39, 0.29) is 17.4 Å². The second kappa shape index (κ2) is 4.74. The highest BCUT2D eigenvalue weighted by atomic mass is 35.5. The summed E-state index contributed by atoms with van der Waals surface area (Å²) in [5, 5.41) is -0.215. The van der Waals surface area contributed by atoms with Crippen LogP contribution in [0, 0.1) is 5.82 Å². The molecular weight excluding hydrogens is 248 g/mol. The normalized spacial score (nSPS) is 11.3. The van der Waals surface area contributed by atoms with Crippen molar-refractivity contribution in [3.63, 3.8) is 0 Å².